The number of carbonyl (C=O) groups is 2. The fraction of sp³-hybridized carbons (Fsp3) is 0.600. The van der Waals surface area contributed by atoms with Gasteiger partial charge in [-0.1, -0.05) is 40.5 Å². The smallest absolute Gasteiger partial charge is 0.338 e. The molecule has 2 unspecified atom stereocenters. The third kappa shape index (κ3) is 7.59. The molecule has 0 spiro atoms. The van der Waals surface area contributed by atoms with Crippen molar-refractivity contribution in [2.24, 2.45) is 11.8 Å². The Morgan fingerprint density at radius 2 is 1.28 bits per heavy atom. The number of benzene rings is 1. The summed E-state index contributed by atoms with van der Waals surface area (Å²) in [6.45, 7) is 8.98. The molecule has 2 atom stereocenters. The average Bonchev–Trinajstić information content (AvgIpc) is 2.57. The van der Waals surface area contributed by atoms with Crippen LogP contribution < -0.4 is 5.73 Å². The van der Waals surface area contributed by atoms with E-state index in [9.17, 15) is 9.59 Å². The van der Waals surface area contributed by atoms with E-state index in [0.717, 1.165) is 25.7 Å². The van der Waals surface area contributed by atoms with Crippen LogP contribution in [0.1, 0.15) is 74.1 Å². The first kappa shape index (κ1) is 21.0. The summed E-state index contributed by atoms with van der Waals surface area (Å²) in [7, 11) is 0. The summed E-state index contributed by atoms with van der Waals surface area (Å²) in [4.78, 5) is 24.4. The van der Waals surface area contributed by atoms with E-state index < -0.39 is 11.9 Å². The molecule has 0 saturated carbocycles. The summed E-state index contributed by atoms with van der Waals surface area (Å²) in [6, 6.07) is 4.52. The van der Waals surface area contributed by atoms with Gasteiger partial charge in [0.05, 0.1) is 24.3 Å². The van der Waals surface area contributed by atoms with E-state index in [4.69, 9.17) is 15.2 Å². The zero-order valence-corrected chi connectivity index (χ0v) is 15.8. The van der Waals surface area contributed by atoms with Crippen LogP contribution in [-0.2, 0) is 9.47 Å². The molecule has 0 amide bonds. The number of hydrogen-bond donors (Lipinski definition) is 1. The van der Waals surface area contributed by atoms with Gasteiger partial charge in [-0.15, -0.1) is 0 Å². The molecule has 1 rings (SSSR count). The number of nitrogens with two attached hydrogens (primary N) is 1. The van der Waals surface area contributed by atoms with E-state index in [-0.39, 0.29) is 11.1 Å². The van der Waals surface area contributed by atoms with Crippen molar-refractivity contribution in [1.82, 2.24) is 0 Å². The summed E-state index contributed by atoms with van der Waals surface area (Å²) in [5.74, 6) is -0.327. The standard InChI is InChI=1S/C20H31NO4/c1-5-7-14(3)12-24-19(22)16-9-17(11-18(21)10-16)20(23)25-13-15(4)8-6-2/h9-11,14-15H,5-8,12-13,21H2,1-4H3. The van der Waals surface area contributed by atoms with Crippen LogP contribution in [0, 0.1) is 11.8 Å². The Kier molecular flexibility index (Phi) is 9.03. The number of rotatable bonds is 10. The molecule has 5 nitrogen and oxygen atoms in total. The van der Waals surface area contributed by atoms with Gasteiger partial charge in [-0.05, 0) is 42.9 Å². The first-order valence-electron chi connectivity index (χ1n) is 9.12. The molecule has 0 bridgehead atoms. The van der Waals surface area contributed by atoms with Gasteiger partial charge in [0.2, 0.25) is 0 Å². The van der Waals surface area contributed by atoms with Crippen LogP contribution in [0.5, 0.6) is 0 Å². The quantitative estimate of drug-likeness (QED) is 0.498. The molecule has 0 aromatic heterocycles. The Bertz CT molecular complexity index is 525. The second-order valence-electron chi connectivity index (χ2n) is 6.83. The molecule has 0 aliphatic heterocycles. The van der Waals surface area contributed by atoms with Crippen molar-refractivity contribution in [3.8, 4) is 0 Å². The Morgan fingerprint density at radius 3 is 1.64 bits per heavy atom. The lowest BCUT2D eigenvalue weighted by Gasteiger charge is -2.13. The maximum Gasteiger partial charge on any atom is 0.338 e. The zero-order chi connectivity index (χ0) is 18.8. The van der Waals surface area contributed by atoms with E-state index in [1.54, 1.807) is 0 Å². The van der Waals surface area contributed by atoms with Gasteiger partial charge in [0.15, 0.2) is 0 Å². The van der Waals surface area contributed by atoms with Crippen LogP contribution in [0.2, 0.25) is 0 Å². The number of hydrogen-bond acceptors (Lipinski definition) is 5. The zero-order valence-electron chi connectivity index (χ0n) is 15.8. The summed E-state index contributed by atoms with van der Waals surface area (Å²) in [5, 5.41) is 0. The second kappa shape index (κ2) is 10.7. The van der Waals surface area contributed by atoms with Crippen LogP contribution in [0.3, 0.4) is 0 Å². The van der Waals surface area contributed by atoms with Crippen LogP contribution in [0.4, 0.5) is 5.69 Å². The molecular weight excluding hydrogens is 318 g/mol. The summed E-state index contributed by atoms with van der Waals surface area (Å²) in [5.41, 5.74) is 6.71. The number of anilines is 1. The van der Waals surface area contributed by atoms with Gasteiger partial charge in [-0.3, -0.25) is 0 Å². The third-order valence-corrected chi connectivity index (χ3v) is 3.99. The van der Waals surface area contributed by atoms with E-state index in [1.165, 1.54) is 18.2 Å². The van der Waals surface area contributed by atoms with E-state index in [2.05, 4.69) is 13.8 Å². The molecule has 25 heavy (non-hydrogen) atoms. The van der Waals surface area contributed by atoms with E-state index >= 15 is 0 Å². The monoisotopic (exact) mass is 349 g/mol. The number of ether oxygens (including phenoxy) is 2. The molecule has 0 saturated heterocycles. The summed E-state index contributed by atoms with van der Waals surface area (Å²) >= 11 is 0. The van der Waals surface area contributed by atoms with Crippen molar-refractivity contribution in [2.75, 3.05) is 18.9 Å². The third-order valence-electron chi connectivity index (χ3n) is 3.99. The lowest BCUT2D eigenvalue weighted by molar-refractivity contribution is 0.0441. The maximum absolute atomic E-state index is 12.2. The van der Waals surface area contributed by atoms with Crippen molar-refractivity contribution >= 4 is 17.6 Å². The minimum atomic E-state index is -0.469. The highest BCUT2D eigenvalue weighted by molar-refractivity contribution is 5.96. The highest BCUT2D eigenvalue weighted by Crippen LogP contribution is 2.16. The fourth-order valence-electron chi connectivity index (χ4n) is 2.64. The minimum absolute atomic E-state index is 0.275. The second-order valence-corrected chi connectivity index (χ2v) is 6.83. The molecule has 2 N–H and O–H groups in total. The van der Waals surface area contributed by atoms with Crippen molar-refractivity contribution in [3.63, 3.8) is 0 Å². The maximum atomic E-state index is 12.2. The van der Waals surface area contributed by atoms with Crippen LogP contribution in [0.25, 0.3) is 0 Å². The molecule has 0 fully saturated rings. The van der Waals surface area contributed by atoms with E-state index in [1.807, 2.05) is 13.8 Å². The van der Waals surface area contributed by atoms with Crippen LogP contribution in [-0.4, -0.2) is 25.2 Å². The Balaban J connectivity index is 2.71. The van der Waals surface area contributed by atoms with Gasteiger partial charge in [-0.2, -0.15) is 0 Å². The van der Waals surface area contributed by atoms with Crippen molar-refractivity contribution < 1.29 is 19.1 Å². The first-order chi connectivity index (χ1) is 11.9. The predicted molar refractivity (Wildman–Crippen MR) is 99.6 cm³/mol. The first-order valence-corrected chi connectivity index (χ1v) is 9.12. The van der Waals surface area contributed by atoms with Gasteiger partial charge >= 0.3 is 11.9 Å². The number of carbonyl (C=O) groups excluding carboxylic acids is 2. The van der Waals surface area contributed by atoms with Crippen molar-refractivity contribution in [2.45, 2.75) is 53.4 Å². The van der Waals surface area contributed by atoms with Gasteiger partial charge in [0.25, 0.3) is 0 Å². The number of esters is 2. The minimum Gasteiger partial charge on any atom is -0.462 e. The largest absolute Gasteiger partial charge is 0.462 e. The molecule has 1 aromatic carbocycles. The molecule has 0 aliphatic rings. The molecule has 0 heterocycles. The summed E-state index contributed by atoms with van der Waals surface area (Å²) < 4.78 is 10.6. The molecule has 5 heteroatoms. The molecule has 140 valence electrons. The Hall–Kier alpha value is -2.04. The van der Waals surface area contributed by atoms with Gasteiger partial charge in [0, 0.05) is 5.69 Å². The topological polar surface area (TPSA) is 78.6 Å². The molecule has 1 aromatic rings. The average molecular weight is 349 g/mol. The SMILES string of the molecule is CCCC(C)COC(=O)c1cc(N)cc(C(=O)OCC(C)CCC)c1. The Morgan fingerprint density at radius 1 is 0.880 bits per heavy atom. The van der Waals surface area contributed by atoms with Crippen LogP contribution >= 0.6 is 0 Å². The normalized spacial score (nSPS) is 13.1. The Labute approximate surface area is 150 Å². The van der Waals surface area contributed by atoms with Gasteiger partial charge in [-0.25, -0.2) is 9.59 Å². The molecule has 0 radical (unpaired) electrons. The lowest BCUT2D eigenvalue weighted by Crippen LogP contribution is -2.15. The molecule has 0 aliphatic carbocycles. The highest BCUT2D eigenvalue weighted by atomic mass is 16.5. The van der Waals surface area contributed by atoms with Crippen molar-refractivity contribution in [3.05, 3.63) is 29.3 Å². The summed E-state index contributed by atoms with van der Waals surface area (Å²) in [6.07, 6.45) is 4.09. The van der Waals surface area contributed by atoms with Gasteiger partial charge < -0.3 is 15.2 Å². The van der Waals surface area contributed by atoms with E-state index in [0.29, 0.717) is 30.7 Å². The fourth-order valence-corrected chi connectivity index (χ4v) is 2.64. The highest BCUT2D eigenvalue weighted by Gasteiger charge is 2.16. The van der Waals surface area contributed by atoms with Crippen molar-refractivity contribution in [1.29, 1.82) is 0 Å². The number of nitrogen functional groups attached to an aromatic ring is 1. The molecular formula is C20H31NO4. The van der Waals surface area contributed by atoms with Crippen LogP contribution in [0.15, 0.2) is 18.2 Å². The predicted octanol–water partition coefficient (Wildman–Crippen LogP) is 4.45. The lowest BCUT2D eigenvalue weighted by atomic mass is 10.1. The van der Waals surface area contributed by atoms with Gasteiger partial charge in [0.1, 0.15) is 0 Å².